The highest BCUT2D eigenvalue weighted by atomic mass is 16.6. The molecule has 1 heterocycles. The second kappa shape index (κ2) is 7.98. The van der Waals surface area contributed by atoms with E-state index in [0.717, 1.165) is 19.5 Å². The SMILES string of the molecule is Cc1ccncc1CNCCCN(C)C(=O)OC(C)(C)C. The van der Waals surface area contributed by atoms with Crippen LogP contribution in [0.2, 0.25) is 0 Å². The zero-order valence-corrected chi connectivity index (χ0v) is 13.8. The number of hydrogen-bond acceptors (Lipinski definition) is 4. The molecule has 0 saturated heterocycles. The van der Waals surface area contributed by atoms with Crippen LogP contribution in [0, 0.1) is 6.92 Å². The van der Waals surface area contributed by atoms with Crippen LogP contribution in [0.15, 0.2) is 18.5 Å². The van der Waals surface area contributed by atoms with Crippen molar-refractivity contribution in [2.45, 2.75) is 46.3 Å². The summed E-state index contributed by atoms with van der Waals surface area (Å²) in [6.07, 6.45) is 4.30. The topological polar surface area (TPSA) is 54.5 Å². The summed E-state index contributed by atoms with van der Waals surface area (Å²) in [5.41, 5.74) is 2.00. The number of carbonyl (C=O) groups is 1. The fourth-order valence-corrected chi connectivity index (χ4v) is 1.78. The van der Waals surface area contributed by atoms with Crippen molar-refractivity contribution in [1.82, 2.24) is 15.2 Å². The van der Waals surface area contributed by atoms with E-state index in [-0.39, 0.29) is 6.09 Å². The average molecular weight is 293 g/mol. The van der Waals surface area contributed by atoms with Crippen LogP contribution in [-0.2, 0) is 11.3 Å². The first-order chi connectivity index (χ1) is 9.79. The van der Waals surface area contributed by atoms with Crippen LogP contribution < -0.4 is 5.32 Å². The first-order valence-corrected chi connectivity index (χ1v) is 7.34. The monoisotopic (exact) mass is 293 g/mol. The maximum Gasteiger partial charge on any atom is 0.410 e. The molecule has 0 spiro atoms. The van der Waals surface area contributed by atoms with Crippen LogP contribution in [0.25, 0.3) is 0 Å². The van der Waals surface area contributed by atoms with Gasteiger partial charge in [-0.3, -0.25) is 4.98 Å². The zero-order chi connectivity index (χ0) is 15.9. The number of amides is 1. The standard InChI is InChI=1S/C16H27N3O2/c1-13-7-9-18-12-14(13)11-17-8-6-10-19(5)15(20)21-16(2,3)4/h7,9,12,17H,6,8,10-11H2,1-5H3. The first-order valence-electron chi connectivity index (χ1n) is 7.34. The van der Waals surface area contributed by atoms with Gasteiger partial charge >= 0.3 is 6.09 Å². The maximum absolute atomic E-state index is 11.8. The third-order valence-corrected chi connectivity index (χ3v) is 3.02. The van der Waals surface area contributed by atoms with Crippen molar-refractivity contribution in [3.8, 4) is 0 Å². The molecule has 0 aliphatic carbocycles. The van der Waals surface area contributed by atoms with Crippen molar-refractivity contribution in [3.63, 3.8) is 0 Å². The van der Waals surface area contributed by atoms with Crippen LogP contribution in [0.3, 0.4) is 0 Å². The van der Waals surface area contributed by atoms with Crippen molar-refractivity contribution < 1.29 is 9.53 Å². The van der Waals surface area contributed by atoms with Crippen molar-refractivity contribution >= 4 is 6.09 Å². The van der Waals surface area contributed by atoms with Crippen LogP contribution in [-0.4, -0.2) is 41.7 Å². The quantitative estimate of drug-likeness (QED) is 0.819. The molecule has 118 valence electrons. The fourth-order valence-electron chi connectivity index (χ4n) is 1.78. The summed E-state index contributed by atoms with van der Waals surface area (Å²) in [6.45, 7) is 10.0. The lowest BCUT2D eigenvalue weighted by molar-refractivity contribution is 0.0297. The van der Waals surface area contributed by atoms with Gasteiger partial charge in [0.2, 0.25) is 0 Å². The minimum absolute atomic E-state index is 0.273. The fraction of sp³-hybridized carbons (Fsp3) is 0.625. The van der Waals surface area contributed by atoms with Crippen LogP contribution in [0.4, 0.5) is 4.79 Å². The number of hydrogen-bond donors (Lipinski definition) is 1. The number of rotatable bonds is 6. The van der Waals surface area contributed by atoms with E-state index in [1.165, 1.54) is 11.1 Å². The Kier molecular flexibility index (Phi) is 6.62. The molecule has 0 aliphatic rings. The van der Waals surface area contributed by atoms with E-state index in [0.29, 0.717) is 6.54 Å². The second-order valence-electron chi connectivity index (χ2n) is 6.23. The maximum atomic E-state index is 11.8. The minimum atomic E-state index is -0.443. The summed E-state index contributed by atoms with van der Waals surface area (Å²) in [5.74, 6) is 0. The Bertz CT molecular complexity index is 455. The largest absolute Gasteiger partial charge is 0.444 e. The molecule has 0 fully saturated rings. The van der Waals surface area contributed by atoms with Crippen molar-refractivity contribution in [2.24, 2.45) is 0 Å². The highest BCUT2D eigenvalue weighted by molar-refractivity contribution is 5.67. The lowest BCUT2D eigenvalue weighted by Crippen LogP contribution is -2.35. The molecule has 21 heavy (non-hydrogen) atoms. The van der Waals surface area contributed by atoms with Gasteiger partial charge in [-0.05, 0) is 57.9 Å². The van der Waals surface area contributed by atoms with Crippen LogP contribution in [0.1, 0.15) is 38.3 Å². The van der Waals surface area contributed by atoms with Gasteiger partial charge in [0.25, 0.3) is 0 Å². The Morgan fingerprint density at radius 3 is 2.76 bits per heavy atom. The molecule has 0 aromatic carbocycles. The number of aryl methyl sites for hydroxylation is 1. The lowest BCUT2D eigenvalue weighted by atomic mass is 10.1. The zero-order valence-electron chi connectivity index (χ0n) is 13.8. The molecule has 0 atom stereocenters. The van der Waals surface area contributed by atoms with Gasteiger partial charge in [0, 0.05) is 32.5 Å². The molecule has 1 rings (SSSR count). The summed E-state index contributed by atoms with van der Waals surface area (Å²) < 4.78 is 5.30. The van der Waals surface area contributed by atoms with Gasteiger partial charge < -0.3 is 15.0 Å². The number of carbonyl (C=O) groups excluding carboxylic acids is 1. The second-order valence-corrected chi connectivity index (χ2v) is 6.23. The number of nitrogens with one attached hydrogen (secondary N) is 1. The lowest BCUT2D eigenvalue weighted by Gasteiger charge is -2.24. The normalized spacial score (nSPS) is 11.3. The number of nitrogens with zero attached hydrogens (tertiary/aromatic N) is 2. The van der Waals surface area contributed by atoms with E-state index in [1.54, 1.807) is 18.1 Å². The van der Waals surface area contributed by atoms with E-state index < -0.39 is 5.60 Å². The Morgan fingerprint density at radius 2 is 2.14 bits per heavy atom. The predicted octanol–water partition coefficient (Wildman–Crippen LogP) is 2.74. The predicted molar refractivity (Wildman–Crippen MR) is 84.2 cm³/mol. The van der Waals surface area contributed by atoms with Crippen LogP contribution in [0.5, 0.6) is 0 Å². The molecule has 1 aromatic rings. The van der Waals surface area contributed by atoms with Gasteiger partial charge in [0.15, 0.2) is 0 Å². The first kappa shape index (κ1) is 17.4. The van der Waals surface area contributed by atoms with Gasteiger partial charge in [0.1, 0.15) is 5.60 Å². The third-order valence-electron chi connectivity index (χ3n) is 3.02. The highest BCUT2D eigenvalue weighted by Crippen LogP contribution is 2.09. The van der Waals surface area contributed by atoms with Gasteiger partial charge in [-0.1, -0.05) is 0 Å². The molecule has 0 saturated carbocycles. The Morgan fingerprint density at radius 1 is 1.43 bits per heavy atom. The van der Waals surface area contributed by atoms with Gasteiger partial charge in [-0.2, -0.15) is 0 Å². The van der Waals surface area contributed by atoms with E-state index in [1.807, 2.05) is 33.0 Å². The number of aromatic nitrogens is 1. The van der Waals surface area contributed by atoms with Gasteiger partial charge in [-0.15, -0.1) is 0 Å². The summed E-state index contributed by atoms with van der Waals surface area (Å²) in [5, 5.41) is 3.37. The molecular formula is C16H27N3O2. The molecule has 1 N–H and O–H groups in total. The molecule has 0 bridgehead atoms. The highest BCUT2D eigenvalue weighted by Gasteiger charge is 2.18. The summed E-state index contributed by atoms with van der Waals surface area (Å²) in [7, 11) is 1.76. The molecule has 0 unspecified atom stereocenters. The Balaban J connectivity index is 2.19. The molecule has 1 aromatic heterocycles. The minimum Gasteiger partial charge on any atom is -0.444 e. The molecular weight excluding hydrogens is 266 g/mol. The van der Waals surface area contributed by atoms with Crippen molar-refractivity contribution in [2.75, 3.05) is 20.1 Å². The van der Waals surface area contributed by atoms with E-state index >= 15 is 0 Å². The Labute approximate surface area is 127 Å². The smallest absolute Gasteiger partial charge is 0.410 e. The summed E-state index contributed by atoms with van der Waals surface area (Å²) in [4.78, 5) is 17.5. The van der Waals surface area contributed by atoms with E-state index in [9.17, 15) is 4.79 Å². The van der Waals surface area contributed by atoms with Crippen molar-refractivity contribution in [3.05, 3.63) is 29.6 Å². The molecule has 5 heteroatoms. The third kappa shape index (κ3) is 7.09. The molecule has 0 aliphatic heterocycles. The summed E-state index contributed by atoms with van der Waals surface area (Å²) >= 11 is 0. The van der Waals surface area contributed by atoms with E-state index in [2.05, 4.69) is 17.2 Å². The Hall–Kier alpha value is -1.62. The average Bonchev–Trinajstić information content (AvgIpc) is 2.38. The molecule has 5 nitrogen and oxygen atoms in total. The van der Waals surface area contributed by atoms with Crippen LogP contribution >= 0.6 is 0 Å². The van der Waals surface area contributed by atoms with Gasteiger partial charge in [0.05, 0.1) is 0 Å². The molecule has 1 amide bonds. The molecule has 0 radical (unpaired) electrons. The van der Waals surface area contributed by atoms with E-state index in [4.69, 9.17) is 4.74 Å². The number of ether oxygens (including phenoxy) is 1. The number of pyridine rings is 1. The van der Waals surface area contributed by atoms with Gasteiger partial charge in [-0.25, -0.2) is 4.79 Å². The van der Waals surface area contributed by atoms with Crippen molar-refractivity contribution in [1.29, 1.82) is 0 Å². The summed E-state index contributed by atoms with van der Waals surface area (Å²) in [6, 6.07) is 2.01.